The first kappa shape index (κ1) is 26.1. The minimum absolute atomic E-state index is 0.0463. The summed E-state index contributed by atoms with van der Waals surface area (Å²) in [6, 6.07) is 5.57. The summed E-state index contributed by atoms with van der Waals surface area (Å²) in [5, 5.41) is 13.9. The highest BCUT2D eigenvalue weighted by Crippen LogP contribution is 2.33. The molecule has 0 bridgehead atoms. The third-order valence-electron chi connectivity index (χ3n) is 5.76. The van der Waals surface area contributed by atoms with Crippen molar-refractivity contribution in [3.8, 4) is 5.75 Å². The highest BCUT2D eigenvalue weighted by atomic mass is 28.3. The number of methoxy groups -OCH3 is 1. The molecule has 1 atom stereocenters. The highest BCUT2D eigenvalue weighted by Gasteiger charge is 2.36. The second-order valence-corrected chi connectivity index (χ2v) is 14.3. The summed E-state index contributed by atoms with van der Waals surface area (Å²) in [6.07, 6.45) is 0.170. The van der Waals surface area contributed by atoms with Crippen LogP contribution in [-0.2, 0) is 16.0 Å². The van der Waals surface area contributed by atoms with Gasteiger partial charge in [0, 0.05) is 24.0 Å². The molecule has 0 unspecified atom stereocenters. The van der Waals surface area contributed by atoms with Crippen LogP contribution < -0.4 is 20.6 Å². The maximum absolute atomic E-state index is 14.7. The summed E-state index contributed by atoms with van der Waals surface area (Å²) in [7, 11) is -0.780. The summed E-state index contributed by atoms with van der Waals surface area (Å²) in [5.74, 6) is -2.58. The third-order valence-corrected chi connectivity index (χ3v) is 7.74. The molecule has 0 aromatic heterocycles. The van der Waals surface area contributed by atoms with Crippen molar-refractivity contribution in [2.75, 3.05) is 25.5 Å². The Balaban J connectivity index is 1.93. The Hall–Kier alpha value is -3.47. The first-order chi connectivity index (χ1) is 16.4. The van der Waals surface area contributed by atoms with E-state index in [1.807, 2.05) is 19.6 Å². The molecule has 0 radical (unpaired) electrons. The van der Waals surface area contributed by atoms with Gasteiger partial charge in [0.05, 0.1) is 21.6 Å². The van der Waals surface area contributed by atoms with Gasteiger partial charge in [-0.15, -0.1) is 0 Å². The van der Waals surface area contributed by atoms with Crippen molar-refractivity contribution >= 4 is 36.9 Å². The van der Waals surface area contributed by atoms with Gasteiger partial charge in [0.1, 0.15) is 23.4 Å². The largest absolute Gasteiger partial charge is 0.497 e. The average molecular weight is 506 g/mol. The van der Waals surface area contributed by atoms with Crippen LogP contribution in [0.1, 0.15) is 23.6 Å². The van der Waals surface area contributed by atoms with Crippen molar-refractivity contribution in [3.05, 3.63) is 53.1 Å². The fourth-order valence-corrected chi connectivity index (χ4v) is 5.76. The number of carbonyl (C=O) groups is 3. The fraction of sp³-hybridized carbons (Fsp3) is 0.375. The molecule has 188 valence electrons. The summed E-state index contributed by atoms with van der Waals surface area (Å²) in [6.45, 7) is 5.53. The van der Waals surface area contributed by atoms with Crippen LogP contribution in [0.15, 0.2) is 30.3 Å². The normalized spacial score (nSPS) is 15.3. The highest BCUT2D eigenvalue weighted by molar-refractivity contribution is 6.88. The van der Waals surface area contributed by atoms with Crippen molar-refractivity contribution in [2.24, 2.45) is 0 Å². The molecule has 3 amide bonds. The van der Waals surface area contributed by atoms with Gasteiger partial charge in [0.25, 0.3) is 5.91 Å². The molecule has 0 fully saturated rings. The number of fused-ring (bicyclic) bond motifs is 1. The number of ether oxygens (including phenoxy) is 1. The topological polar surface area (TPSA) is 108 Å². The number of nitrogens with zero attached hydrogens (tertiary/aromatic N) is 1. The van der Waals surface area contributed by atoms with Gasteiger partial charge in [-0.05, 0) is 41.8 Å². The van der Waals surface area contributed by atoms with Crippen LogP contribution in [0.2, 0.25) is 19.6 Å². The molecule has 0 saturated heterocycles. The monoisotopic (exact) mass is 505 g/mol. The van der Waals surface area contributed by atoms with Gasteiger partial charge in [-0.25, -0.2) is 13.6 Å². The van der Waals surface area contributed by atoms with Gasteiger partial charge in [0.2, 0.25) is 0 Å². The van der Waals surface area contributed by atoms with Gasteiger partial charge in [0.15, 0.2) is 0 Å². The van der Waals surface area contributed by atoms with E-state index in [0.29, 0.717) is 17.7 Å². The number of aliphatic carboxylic acids is 1. The minimum Gasteiger partial charge on any atom is -0.497 e. The molecule has 1 heterocycles. The molecule has 1 aliphatic rings. The molecule has 0 saturated carbocycles. The molecule has 3 N–H and O–H groups in total. The van der Waals surface area contributed by atoms with E-state index >= 15 is 0 Å². The lowest BCUT2D eigenvalue weighted by Crippen LogP contribution is -2.49. The van der Waals surface area contributed by atoms with Gasteiger partial charge >= 0.3 is 12.0 Å². The third kappa shape index (κ3) is 5.97. The second-order valence-electron chi connectivity index (χ2n) is 9.34. The number of carboxylic acids is 1. The van der Waals surface area contributed by atoms with Crippen molar-refractivity contribution in [1.29, 1.82) is 0 Å². The molecule has 1 aliphatic heterocycles. The predicted molar refractivity (Wildman–Crippen MR) is 130 cm³/mol. The number of hydrogen-bond donors (Lipinski definition) is 3. The maximum Gasteiger partial charge on any atom is 0.318 e. The van der Waals surface area contributed by atoms with E-state index in [4.69, 9.17) is 9.84 Å². The maximum atomic E-state index is 14.7. The zero-order valence-corrected chi connectivity index (χ0v) is 21.1. The number of rotatable bonds is 7. The van der Waals surface area contributed by atoms with Crippen LogP contribution in [0.5, 0.6) is 5.75 Å². The summed E-state index contributed by atoms with van der Waals surface area (Å²) in [5.41, 5.74) is 1.28. The Kier molecular flexibility index (Phi) is 7.79. The Morgan fingerprint density at radius 1 is 1.14 bits per heavy atom. The quantitative estimate of drug-likeness (QED) is 0.501. The molecular weight excluding hydrogens is 476 g/mol. The number of amides is 3. The number of halogens is 2. The molecule has 11 heteroatoms. The van der Waals surface area contributed by atoms with Crippen LogP contribution in [0.4, 0.5) is 19.3 Å². The number of nitrogens with one attached hydrogen (secondary N) is 2. The fourth-order valence-electron chi connectivity index (χ4n) is 4.18. The molecule has 3 rings (SSSR count). The lowest BCUT2D eigenvalue weighted by Gasteiger charge is -2.36. The standard InChI is InChI=1S/C24H29F2N3O5Si/c1-34-16-5-6-17-14(11-16)8-10-29(24(33)27-9-7-20(30)31)21(17)23(32)28-15-12-18(25)22(19(26)13-15)35(2,3)4/h5-6,11-13,21H,7-10H2,1-4H3,(H,27,33)(H,28,32)(H,30,31)/t21-/m1/s1. The van der Waals surface area contributed by atoms with Gasteiger partial charge < -0.3 is 25.4 Å². The number of urea groups is 1. The van der Waals surface area contributed by atoms with Crippen LogP contribution in [-0.4, -0.2) is 56.2 Å². The molecule has 0 aliphatic carbocycles. The Labute approximate surface area is 203 Å². The van der Waals surface area contributed by atoms with Crippen LogP contribution in [0.25, 0.3) is 0 Å². The van der Waals surface area contributed by atoms with E-state index < -0.39 is 43.7 Å². The van der Waals surface area contributed by atoms with Crippen molar-refractivity contribution in [1.82, 2.24) is 10.2 Å². The van der Waals surface area contributed by atoms with Crippen molar-refractivity contribution in [2.45, 2.75) is 38.5 Å². The van der Waals surface area contributed by atoms with E-state index in [1.54, 1.807) is 18.2 Å². The van der Waals surface area contributed by atoms with Crippen molar-refractivity contribution in [3.63, 3.8) is 0 Å². The number of carboxylic acid groups (broad SMARTS) is 1. The van der Waals surface area contributed by atoms with Crippen LogP contribution in [0.3, 0.4) is 0 Å². The average Bonchev–Trinajstić information content (AvgIpc) is 2.75. The predicted octanol–water partition coefficient (Wildman–Crippen LogP) is 3.24. The summed E-state index contributed by atoms with van der Waals surface area (Å²) >= 11 is 0. The van der Waals surface area contributed by atoms with E-state index in [-0.39, 0.29) is 30.4 Å². The zero-order valence-electron chi connectivity index (χ0n) is 20.1. The van der Waals surface area contributed by atoms with E-state index in [2.05, 4.69) is 10.6 Å². The van der Waals surface area contributed by atoms with Gasteiger partial charge in [-0.3, -0.25) is 9.59 Å². The van der Waals surface area contributed by atoms with Gasteiger partial charge in [-0.2, -0.15) is 0 Å². The molecule has 35 heavy (non-hydrogen) atoms. The smallest absolute Gasteiger partial charge is 0.318 e. The number of carbonyl (C=O) groups excluding carboxylic acids is 2. The molecule has 2 aromatic rings. The van der Waals surface area contributed by atoms with E-state index in [1.165, 1.54) is 12.0 Å². The van der Waals surface area contributed by atoms with Gasteiger partial charge in [-0.1, -0.05) is 25.7 Å². The van der Waals surface area contributed by atoms with Crippen molar-refractivity contribution < 1.29 is 33.0 Å². The number of anilines is 1. The Morgan fingerprint density at radius 2 is 1.80 bits per heavy atom. The zero-order chi connectivity index (χ0) is 25.9. The first-order valence-electron chi connectivity index (χ1n) is 11.2. The first-order valence-corrected chi connectivity index (χ1v) is 14.7. The van der Waals surface area contributed by atoms with E-state index in [9.17, 15) is 23.2 Å². The molecular formula is C24H29F2N3O5Si. The lowest BCUT2D eigenvalue weighted by atomic mass is 9.91. The molecule has 8 nitrogen and oxygen atoms in total. The number of benzene rings is 2. The Morgan fingerprint density at radius 3 is 2.37 bits per heavy atom. The SMILES string of the molecule is COc1ccc2c(c1)CCN(C(=O)NCCC(=O)O)[C@H]2C(=O)Nc1cc(F)c([Si](C)(C)C)c(F)c1. The minimum atomic E-state index is -2.30. The van der Waals surface area contributed by atoms with E-state index in [0.717, 1.165) is 17.7 Å². The summed E-state index contributed by atoms with van der Waals surface area (Å²) < 4.78 is 34.7. The van der Waals surface area contributed by atoms with Crippen LogP contribution in [0, 0.1) is 11.6 Å². The second kappa shape index (κ2) is 10.4. The lowest BCUT2D eigenvalue weighted by molar-refractivity contribution is -0.136. The Bertz CT molecular complexity index is 1130. The molecule has 0 spiro atoms. The number of hydrogen-bond acceptors (Lipinski definition) is 4. The summed E-state index contributed by atoms with van der Waals surface area (Å²) in [4.78, 5) is 38.3. The van der Waals surface area contributed by atoms with Crippen LogP contribution >= 0.6 is 0 Å². The molecule has 2 aromatic carbocycles.